The van der Waals surface area contributed by atoms with E-state index in [-0.39, 0.29) is 6.04 Å². The summed E-state index contributed by atoms with van der Waals surface area (Å²) in [5, 5.41) is 10.4. The number of aliphatic hydroxyl groups is 1. The fourth-order valence-electron chi connectivity index (χ4n) is 2.37. The maximum absolute atomic E-state index is 10.4. The number of benzene rings is 1. The van der Waals surface area contributed by atoms with E-state index in [1.807, 2.05) is 30.3 Å². The minimum Gasteiger partial charge on any atom is -0.387 e. The lowest BCUT2D eigenvalue weighted by Crippen LogP contribution is -2.39. The highest BCUT2D eigenvalue weighted by molar-refractivity contribution is 5.18. The van der Waals surface area contributed by atoms with Crippen molar-refractivity contribution >= 4 is 0 Å². The Morgan fingerprint density at radius 1 is 1.11 bits per heavy atom. The third kappa shape index (κ3) is 5.31. The Morgan fingerprint density at radius 3 is 2.26 bits per heavy atom. The van der Waals surface area contributed by atoms with Crippen LogP contribution in [0.25, 0.3) is 0 Å². The molecular formula is C16H28N2O. The summed E-state index contributed by atoms with van der Waals surface area (Å²) in [6.07, 6.45) is 0.715. The topological polar surface area (TPSA) is 26.7 Å². The molecule has 0 fully saturated rings. The van der Waals surface area contributed by atoms with E-state index < -0.39 is 6.10 Å². The molecule has 0 saturated carbocycles. The van der Waals surface area contributed by atoms with E-state index in [2.05, 4.69) is 37.7 Å². The van der Waals surface area contributed by atoms with Crippen molar-refractivity contribution in [3.05, 3.63) is 35.9 Å². The fraction of sp³-hybridized carbons (Fsp3) is 0.625. The summed E-state index contributed by atoms with van der Waals surface area (Å²) in [5.41, 5.74) is 1.00. The maximum Gasteiger partial charge on any atom is 0.0942 e. The van der Waals surface area contributed by atoms with E-state index in [4.69, 9.17) is 0 Å². The Bertz CT molecular complexity index is 340. The minimum absolute atomic E-state index is 0.148. The zero-order chi connectivity index (χ0) is 14.3. The Labute approximate surface area is 117 Å². The predicted octanol–water partition coefficient (Wildman–Crippen LogP) is 2.38. The first-order chi connectivity index (χ1) is 9.06. The third-order valence-corrected chi connectivity index (χ3v) is 3.63. The van der Waals surface area contributed by atoms with Crippen LogP contribution in [0.15, 0.2) is 30.3 Å². The van der Waals surface area contributed by atoms with Gasteiger partial charge in [0.25, 0.3) is 0 Å². The zero-order valence-corrected chi connectivity index (χ0v) is 12.7. The molecule has 0 aliphatic heterocycles. The lowest BCUT2D eigenvalue weighted by atomic mass is 10.0. The van der Waals surface area contributed by atoms with E-state index in [1.165, 1.54) is 0 Å². The first-order valence-corrected chi connectivity index (χ1v) is 7.18. The van der Waals surface area contributed by atoms with Crippen LogP contribution in [-0.2, 0) is 0 Å². The van der Waals surface area contributed by atoms with Crippen molar-refractivity contribution in [2.24, 2.45) is 0 Å². The Kier molecular flexibility index (Phi) is 7.06. The summed E-state index contributed by atoms with van der Waals surface area (Å²) in [4.78, 5) is 4.55. The van der Waals surface area contributed by atoms with Crippen LogP contribution in [-0.4, -0.2) is 54.7 Å². The van der Waals surface area contributed by atoms with Gasteiger partial charge in [-0.25, -0.2) is 0 Å². The molecule has 108 valence electrons. The summed E-state index contributed by atoms with van der Waals surface area (Å²) >= 11 is 0. The van der Waals surface area contributed by atoms with Crippen molar-refractivity contribution in [1.29, 1.82) is 0 Å². The molecule has 0 spiro atoms. The van der Waals surface area contributed by atoms with Gasteiger partial charge in [-0.2, -0.15) is 0 Å². The van der Waals surface area contributed by atoms with Crippen molar-refractivity contribution in [2.75, 3.05) is 33.7 Å². The predicted molar refractivity (Wildman–Crippen MR) is 81.3 cm³/mol. The fourth-order valence-corrected chi connectivity index (χ4v) is 2.37. The summed E-state index contributed by atoms with van der Waals surface area (Å²) in [5.74, 6) is 0. The molecule has 1 aromatic carbocycles. The summed E-state index contributed by atoms with van der Waals surface area (Å²) in [6.45, 7) is 7.35. The molecule has 0 amide bonds. The molecule has 19 heavy (non-hydrogen) atoms. The second-order valence-corrected chi connectivity index (χ2v) is 5.38. The van der Waals surface area contributed by atoms with Gasteiger partial charge in [0, 0.05) is 6.04 Å². The van der Waals surface area contributed by atoms with E-state index in [1.54, 1.807) is 0 Å². The van der Waals surface area contributed by atoms with Crippen LogP contribution in [0.5, 0.6) is 0 Å². The lowest BCUT2D eigenvalue weighted by Gasteiger charge is -2.32. The van der Waals surface area contributed by atoms with E-state index in [0.717, 1.165) is 31.6 Å². The normalized spacial score (nSPS) is 14.9. The van der Waals surface area contributed by atoms with Crippen molar-refractivity contribution in [3.63, 3.8) is 0 Å². The minimum atomic E-state index is -0.416. The molecule has 0 saturated heterocycles. The van der Waals surface area contributed by atoms with Crippen molar-refractivity contribution in [2.45, 2.75) is 32.4 Å². The highest BCUT2D eigenvalue weighted by atomic mass is 16.3. The van der Waals surface area contributed by atoms with Gasteiger partial charge >= 0.3 is 0 Å². The van der Waals surface area contributed by atoms with Gasteiger partial charge in [-0.3, -0.25) is 4.90 Å². The smallest absolute Gasteiger partial charge is 0.0942 e. The second-order valence-electron chi connectivity index (χ2n) is 5.38. The van der Waals surface area contributed by atoms with Crippen LogP contribution in [0.4, 0.5) is 0 Å². The molecule has 0 aliphatic rings. The van der Waals surface area contributed by atoms with Crippen molar-refractivity contribution in [3.8, 4) is 0 Å². The molecule has 0 aromatic heterocycles. The molecule has 3 heteroatoms. The molecule has 0 heterocycles. The number of hydrogen-bond acceptors (Lipinski definition) is 3. The van der Waals surface area contributed by atoms with Gasteiger partial charge in [0.15, 0.2) is 0 Å². The zero-order valence-electron chi connectivity index (χ0n) is 12.7. The standard InChI is InChI=1S/C16H28N2O/c1-5-18(13-9-12-17(3)4)14(2)16(19)15-10-7-6-8-11-15/h6-8,10-11,14,16,19H,5,9,12-13H2,1-4H3. The maximum atomic E-state index is 10.4. The largest absolute Gasteiger partial charge is 0.387 e. The summed E-state index contributed by atoms with van der Waals surface area (Å²) < 4.78 is 0. The van der Waals surface area contributed by atoms with E-state index in [0.29, 0.717) is 0 Å². The van der Waals surface area contributed by atoms with Crippen molar-refractivity contribution in [1.82, 2.24) is 9.80 Å². The molecule has 3 nitrogen and oxygen atoms in total. The van der Waals surface area contributed by atoms with Gasteiger partial charge in [-0.05, 0) is 52.6 Å². The van der Waals surface area contributed by atoms with Crippen LogP contribution in [0, 0.1) is 0 Å². The molecule has 1 N–H and O–H groups in total. The second kappa shape index (κ2) is 8.31. The summed E-state index contributed by atoms with van der Waals surface area (Å²) in [6, 6.07) is 10.1. The van der Waals surface area contributed by atoms with Crippen LogP contribution < -0.4 is 0 Å². The van der Waals surface area contributed by atoms with Gasteiger partial charge in [-0.1, -0.05) is 37.3 Å². The Hall–Kier alpha value is -0.900. The highest BCUT2D eigenvalue weighted by Gasteiger charge is 2.21. The number of likely N-dealkylation sites (N-methyl/N-ethyl adjacent to an activating group) is 1. The number of nitrogens with zero attached hydrogens (tertiary/aromatic N) is 2. The first-order valence-electron chi connectivity index (χ1n) is 7.18. The average molecular weight is 264 g/mol. The highest BCUT2D eigenvalue weighted by Crippen LogP contribution is 2.20. The number of rotatable bonds is 8. The first kappa shape index (κ1) is 16.2. The van der Waals surface area contributed by atoms with Gasteiger partial charge in [0.1, 0.15) is 0 Å². The quantitative estimate of drug-likeness (QED) is 0.781. The Morgan fingerprint density at radius 2 is 1.74 bits per heavy atom. The average Bonchev–Trinajstić information content (AvgIpc) is 2.43. The van der Waals surface area contributed by atoms with Crippen LogP contribution >= 0.6 is 0 Å². The molecule has 1 aromatic rings. The molecule has 2 unspecified atom stereocenters. The third-order valence-electron chi connectivity index (χ3n) is 3.63. The molecule has 0 bridgehead atoms. The molecular weight excluding hydrogens is 236 g/mol. The van der Waals surface area contributed by atoms with Gasteiger partial charge < -0.3 is 10.0 Å². The van der Waals surface area contributed by atoms with Crippen molar-refractivity contribution < 1.29 is 5.11 Å². The van der Waals surface area contributed by atoms with Crippen LogP contribution in [0.2, 0.25) is 0 Å². The monoisotopic (exact) mass is 264 g/mol. The number of aliphatic hydroxyl groups excluding tert-OH is 1. The molecule has 0 radical (unpaired) electrons. The number of hydrogen-bond donors (Lipinski definition) is 1. The van der Waals surface area contributed by atoms with Gasteiger partial charge in [-0.15, -0.1) is 0 Å². The van der Waals surface area contributed by atoms with Crippen LogP contribution in [0.1, 0.15) is 31.9 Å². The summed E-state index contributed by atoms with van der Waals surface area (Å²) in [7, 11) is 4.19. The molecule has 1 rings (SSSR count). The van der Waals surface area contributed by atoms with Gasteiger partial charge in [0.2, 0.25) is 0 Å². The molecule has 2 atom stereocenters. The Balaban J connectivity index is 2.55. The van der Waals surface area contributed by atoms with E-state index >= 15 is 0 Å². The van der Waals surface area contributed by atoms with E-state index in [9.17, 15) is 5.11 Å². The molecule has 0 aliphatic carbocycles. The lowest BCUT2D eigenvalue weighted by molar-refractivity contribution is 0.0590. The van der Waals surface area contributed by atoms with Gasteiger partial charge in [0.05, 0.1) is 6.10 Å². The van der Waals surface area contributed by atoms with Crippen LogP contribution in [0.3, 0.4) is 0 Å². The SMILES string of the molecule is CCN(CCCN(C)C)C(C)C(O)c1ccccc1.